The summed E-state index contributed by atoms with van der Waals surface area (Å²) in [6.45, 7) is 10.1. The highest BCUT2D eigenvalue weighted by molar-refractivity contribution is 5.84. The molecule has 3 N–H and O–H groups in total. The minimum atomic E-state index is -0.488. The van der Waals surface area contributed by atoms with Crippen LogP contribution in [0, 0.1) is 12.7 Å². The molecule has 1 aliphatic heterocycles. The number of phenols is 1. The van der Waals surface area contributed by atoms with Crippen LogP contribution < -0.4 is 5.32 Å². The Morgan fingerprint density at radius 2 is 2.03 bits per heavy atom. The first-order chi connectivity index (χ1) is 14.0. The second-order valence-electron chi connectivity index (χ2n) is 7.89. The van der Waals surface area contributed by atoms with Crippen molar-refractivity contribution in [3.8, 4) is 17.0 Å². The average Bonchev–Trinajstić information content (AvgIpc) is 3.09. The number of nitrogens with zero attached hydrogens (tertiary/aromatic N) is 3. The summed E-state index contributed by atoms with van der Waals surface area (Å²) in [4.78, 5) is 7.16. The van der Waals surface area contributed by atoms with E-state index in [0.29, 0.717) is 16.9 Å². The predicted molar refractivity (Wildman–Crippen MR) is 112 cm³/mol. The van der Waals surface area contributed by atoms with Gasteiger partial charge in [0.05, 0.1) is 11.4 Å². The molecule has 0 unspecified atom stereocenters. The Morgan fingerprint density at radius 3 is 2.76 bits per heavy atom. The number of fused-ring (bicyclic) bond motifs is 1. The van der Waals surface area contributed by atoms with Crippen molar-refractivity contribution in [2.75, 3.05) is 19.6 Å². The third-order valence-electron chi connectivity index (χ3n) is 6.38. The molecule has 1 fully saturated rings. The van der Waals surface area contributed by atoms with Gasteiger partial charge < -0.3 is 10.4 Å². The maximum atomic E-state index is 14.5. The number of aromatic hydroxyl groups is 1. The first kappa shape index (κ1) is 19.8. The zero-order valence-electron chi connectivity index (χ0n) is 17.2. The van der Waals surface area contributed by atoms with E-state index in [1.165, 1.54) is 6.07 Å². The van der Waals surface area contributed by atoms with Crippen LogP contribution in [0.2, 0.25) is 0 Å². The SMILES string of the molecule is CCC1(CC)CNCCN1Cc1cc(-c2ccc(O)cc2F)nc2[nH]nc(C)c12. The molecular formula is C22H28FN5O. The predicted octanol–water partition coefficient (Wildman–Crippen LogP) is 3.74. The van der Waals surface area contributed by atoms with Crippen molar-refractivity contribution in [2.24, 2.45) is 0 Å². The van der Waals surface area contributed by atoms with Gasteiger partial charge in [-0.2, -0.15) is 5.10 Å². The van der Waals surface area contributed by atoms with Crippen LogP contribution in [0.15, 0.2) is 24.3 Å². The van der Waals surface area contributed by atoms with Crippen molar-refractivity contribution < 1.29 is 9.50 Å². The molecular weight excluding hydrogens is 369 g/mol. The molecule has 1 saturated heterocycles. The van der Waals surface area contributed by atoms with Gasteiger partial charge in [-0.05, 0) is 43.5 Å². The number of rotatable bonds is 5. The van der Waals surface area contributed by atoms with Crippen molar-refractivity contribution in [3.63, 3.8) is 0 Å². The third-order valence-corrected chi connectivity index (χ3v) is 6.38. The van der Waals surface area contributed by atoms with Gasteiger partial charge in [-0.1, -0.05) is 13.8 Å². The van der Waals surface area contributed by atoms with Crippen LogP contribution in [-0.4, -0.2) is 50.4 Å². The molecule has 0 amide bonds. The van der Waals surface area contributed by atoms with Gasteiger partial charge in [-0.25, -0.2) is 9.37 Å². The number of hydrogen-bond acceptors (Lipinski definition) is 5. The lowest BCUT2D eigenvalue weighted by Crippen LogP contribution is -2.60. The Bertz CT molecular complexity index is 1030. The summed E-state index contributed by atoms with van der Waals surface area (Å²) in [5, 5.41) is 21.4. The molecule has 1 aromatic carbocycles. The van der Waals surface area contributed by atoms with E-state index in [-0.39, 0.29) is 11.3 Å². The summed E-state index contributed by atoms with van der Waals surface area (Å²) in [5.74, 6) is -0.584. The third kappa shape index (κ3) is 3.49. The molecule has 0 spiro atoms. The number of aryl methyl sites for hydroxylation is 1. The van der Waals surface area contributed by atoms with E-state index in [4.69, 9.17) is 0 Å². The van der Waals surface area contributed by atoms with Gasteiger partial charge in [0.25, 0.3) is 0 Å². The van der Waals surface area contributed by atoms with Crippen LogP contribution in [0.25, 0.3) is 22.3 Å². The number of benzene rings is 1. The minimum absolute atomic E-state index is 0.0959. The molecule has 7 heteroatoms. The molecule has 3 heterocycles. The molecule has 29 heavy (non-hydrogen) atoms. The molecule has 0 aliphatic carbocycles. The molecule has 4 rings (SSSR count). The lowest BCUT2D eigenvalue weighted by Gasteiger charge is -2.47. The van der Waals surface area contributed by atoms with E-state index in [9.17, 15) is 9.50 Å². The Labute approximate surface area is 170 Å². The lowest BCUT2D eigenvalue weighted by atomic mass is 9.88. The van der Waals surface area contributed by atoms with Crippen LogP contribution >= 0.6 is 0 Å². The van der Waals surface area contributed by atoms with Gasteiger partial charge in [-0.3, -0.25) is 10.00 Å². The standard InChI is InChI=1S/C22H28FN5O/c1-4-22(5-2)13-24-8-9-28(22)12-15-10-19(17-7-6-16(29)11-18(17)23)25-21-20(15)14(3)26-27-21/h6-7,10-11,24,29H,4-5,8-9,12-13H2,1-3H3,(H,25,26,27). The maximum absolute atomic E-state index is 14.5. The molecule has 6 nitrogen and oxygen atoms in total. The fourth-order valence-electron chi connectivity index (χ4n) is 4.53. The second-order valence-corrected chi connectivity index (χ2v) is 7.89. The van der Waals surface area contributed by atoms with Gasteiger partial charge in [-0.15, -0.1) is 0 Å². The van der Waals surface area contributed by atoms with Crippen molar-refractivity contribution in [2.45, 2.75) is 45.7 Å². The van der Waals surface area contributed by atoms with Crippen LogP contribution in [0.4, 0.5) is 4.39 Å². The van der Waals surface area contributed by atoms with Crippen molar-refractivity contribution in [1.29, 1.82) is 0 Å². The maximum Gasteiger partial charge on any atom is 0.156 e. The summed E-state index contributed by atoms with van der Waals surface area (Å²) in [6, 6.07) is 6.14. The summed E-state index contributed by atoms with van der Waals surface area (Å²) in [7, 11) is 0. The van der Waals surface area contributed by atoms with Gasteiger partial charge in [0, 0.05) is 48.7 Å². The van der Waals surface area contributed by atoms with Crippen LogP contribution in [0.1, 0.15) is 37.9 Å². The van der Waals surface area contributed by atoms with Gasteiger partial charge >= 0.3 is 0 Å². The summed E-state index contributed by atoms with van der Waals surface area (Å²) < 4.78 is 14.5. The zero-order chi connectivity index (χ0) is 20.6. The fraction of sp³-hybridized carbons (Fsp3) is 0.455. The Morgan fingerprint density at radius 1 is 1.24 bits per heavy atom. The number of piperazine rings is 1. The van der Waals surface area contributed by atoms with Gasteiger partial charge in [0.1, 0.15) is 11.6 Å². The molecule has 0 atom stereocenters. The highest BCUT2D eigenvalue weighted by Gasteiger charge is 2.36. The normalized spacial score (nSPS) is 17.1. The molecule has 3 aromatic rings. The van der Waals surface area contributed by atoms with E-state index >= 15 is 0 Å². The molecule has 0 radical (unpaired) electrons. The number of aromatic amines is 1. The average molecular weight is 397 g/mol. The van der Waals surface area contributed by atoms with Crippen molar-refractivity contribution in [1.82, 2.24) is 25.4 Å². The van der Waals surface area contributed by atoms with Crippen LogP contribution in [0.3, 0.4) is 0 Å². The van der Waals surface area contributed by atoms with Crippen LogP contribution in [0.5, 0.6) is 5.75 Å². The number of H-pyrrole nitrogens is 1. The van der Waals surface area contributed by atoms with E-state index in [2.05, 4.69) is 39.2 Å². The van der Waals surface area contributed by atoms with Crippen molar-refractivity contribution in [3.05, 3.63) is 41.3 Å². The number of nitrogens with one attached hydrogen (secondary N) is 2. The molecule has 1 aliphatic rings. The molecule has 154 valence electrons. The Hall–Kier alpha value is -2.51. The Balaban J connectivity index is 1.81. The summed E-state index contributed by atoms with van der Waals surface area (Å²) >= 11 is 0. The lowest BCUT2D eigenvalue weighted by molar-refractivity contribution is 0.0451. The fourth-order valence-corrected chi connectivity index (χ4v) is 4.53. The number of pyridine rings is 1. The monoisotopic (exact) mass is 397 g/mol. The zero-order valence-corrected chi connectivity index (χ0v) is 17.2. The number of phenolic OH excluding ortho intramolecular Hbond substituents is 1. The highest BCUT2D eigenvalue weighted by Crippen LogP contribution is 2.33. The van der Waals surface area contributed by atoms with Gasteiger partial charge in [0.2, 0.25) is 0 Å². The second kappa shape index (κ2) is 7.72. The first-order valence-electron chi connectivity index (χ1n) is 10.3. The number of hydrogen-bond donors (Lipinski definition) is 3. The summed E-state index contributed by atoms with van der Waals surface area (Å²) in [6.07, 6.45) is 2.13. The Kier molecular flexibility index (Phi) is 5.27. The highest BCUT2D eigenvalue weighted by atomic mass is 19.1. The van der Waals surface area contributed by atoms with E-state index in [1.807, 2.05) is 13.0 Å². The van der Waals surface area contributed by atoms with E-state index in [0.717, 1.165) is 61.7 Å². The van der Waals surface area contributed by atoms with E-state index in [1.54, 1.807) is 6.07 Å². The first-order valence-corrected chi connectivity index (χ1v) is 10.3. The van der Waals surface area contributed by atoms with Gasteiger partial charge in [0.15, 0.2) is 5.65 Å². The molecule has 2 aromatic heterocycles. The topological polar surface area (TPSA) is 77.1 Å². The quantitative estimate of drug-likeness (QED) is 0.611. The largest absolute Gasteiger partial charge is 0.508 e. The molecule has 0 saturated carbocycles. The number of aromatic nitrogens is 3. The minimum Gasteiger partial charge on any atom is -0.508 e. The molecule has 0 bridgehead atoms. The van der Waals surface area contributed by atoms with E-state index < -0.39 is 5.82 Å². The number of halogens is 1. The van der Waals surface area contributed by atoms with Crippen molar-refractivity contribution >= 4 is 11.0 Å². The smallest absolute Gasteiger partial charge is 0.156 e. The summed E-state index contributed by atoms with van der Waals surface area (Å²) in [5.41, 5.74) is 3.68. The van der Waals surface area contributed by atoms with Crippen LogP contribution in [-0.2, 0) is 6.54 Å².